The third-order valence-corrected chi connectivity index (χ3v) is 3.41. The predicted molar refractivity (Wildman–Crippen MR) is 64.2 cm³/mol. The van der Waals surface area contributed by atoms with E-state index in [0.717, 1.165) is 0 Å². The Hall–Kier alpha value is -2.59. The minimum Gasteiger partial charge on any atom is -0.464 e. The highest BCUT2D eigenvalue weighted by molar-refractivity contribution is 6.39. The van der Waals surface area contributed by atoms with E-state index in [0.29, 0.717) is 13.4 Å². The number of hydrogen-bond acceptors (Lipinski definition) is 7. The number of hydrazone groups is 1. The molecule has 8 nitrogen and oxygen atoms in total. The zero-order valence-corrected chi connectivity index (χ0v) is 12.5. The van der Waals surface area contributed by atoms with Gasteiger partial charge in [-0.15, -0.1) is 0 Å². The lowest BCUT2D eigenvalue weighted by Crippen LogP contribution is -2.72. The van der Waals surface area contributed by atoms with E-state index in [1.54, 1.807) is 5.43 Å². The lowest BCUT2D eigenvalue weighted by molar-refractivity contribution is -0.419. The summed E-state index contributed by atoms with van der Waals surface area (Å²) in [6, 6.07) is 0. The van der Waals surface area contributed by atoms with Crippen molar-refractivity contribution in [1.82, 2.24) is 14.8 Å². The Morgan fingerprint density at radius 2 is 1.70 bits per heavy atom. The standard InChI is InChI=1S/C10H6F9N5O3/c1-27-4(25)3-6(26,24-5(23-22-3)20-2-21-24)7(11,12)8(13,14)9(15,16)10(17,18)19/h2,26H,1H3,(H,20,21,23). The van der Waals surface area contributed by atoms with E-state index < -0.39 is 52.0 Å². The maximum absolute atomic E-state index is 14.4. The molecule has 2 heterocycles. The van der Waals surface area contributed by atoms with Crippen LogP contribution in [0.15, 0.2) is 11.4 Å². The predicted octanol–water partition coefficient (Wildman–Crippen LogP) is 1.35. The molecular weight excluding hydrogens is 409 g/mol. The second-order valence-corrected chi connectivity index (χ2v) is 4.95. The molecule has 0 spiro atoms. The number of fused-ring (bicyclic) bond motifs is 1. The largest absolute Gasteiger partial charge is 0.464 e. The molecule has 2 N–H and O–H groups in total. The van der Waals surface area contributed by atoms with Crippen LogP contribution in [0.2, 0.25) is 0 Å². The highest BCUT2D eigenvalue weighted by Gasteiger charge is 2.88. The van der Waals surface area contributed by atoms with Gasteiger partial charge in [-0.05, 0) is 0 Å². The van der Waals surface area contributed by atoms with Crippen LogP contribution in [0.3, 0.4) is 0 Å². The van der Waals surface area contributed by atoms with E-state index in [1.165, 1.54) is 0 Å². The summed E-state index contributed by atoms with van der Waals surface area (Å²) in [6.45, 7) is 0. The van der Waals surface area contributed by atoms with E-state index in [-0.39, 0.29) is 0 Å². The van der Waals surface area contributed by atoms with Crippen molar-refractivity contribution in [1.29, 1.82) is 0 Å². The van der Waals surface area contributed by atoms with Crippen LogP contribution in [-0.4, -0.2) is 62.6 Å². The second kappa shape index (κ2) is 5.70. The number of alkyl halides is 9. The van der Waals surface area contributed by atoms with Crippen molar-refractivity contribution >= 4 is 17.6 Å². The van der Waals surface area contributed by atoms with Crippen molar-refractivity contribution in [3.63, 3.8) is 0 Å². The first-order chi connectivity index (χ1) is 12.1. The SMILES string of the molecule is COC(=O)C1=NNc2ncnn2C1(O)C(F)(F)C(F)(F)C(F)(F)C(F)(F)F. The Kier molecular flexibility index (Phi) is 4.38. The first-order valence-electron chi connectivity index (χ1n) is 6.33. The summed E-state index contributed by atoms with van der Waals surface area (Å²) in [5, 5.41) is 15.8. The number of rotatable bonds is 4. The van der Waals surface area contributed by atoms with Gasteiger partial charge in [0.2, 0.25) is 11.7 Å². The number of hydrogen-bond donors (Lipinski definition) is 2. The van der Waals surface area contributed by atoms with Crippen LogP contribution in [0.5, 0.6) is 0 Å². The molecule has 1 aromatic heterocycles. The van der Waals surface area contributed by atoms with E-state index in [1.807, 2.05) is 0 Å². The van der Waals surface area contributed by atoms with Gasteiger partial charge in [0.15, 0.2) is 0 Å². The van der Waals surface area contributed by atoms with Crippen molar-refractivity contribution in [2.45, 2.75) is 29.7 Å². The Morgan fingerprint density at radius 1 is 1.15 bits per heavy atom. The number of nitrogens with one attached hydrogen (secondary N) is 1. The lowest BCUT2D eigenvalue weighted by atomic mass is 9.90. The molecule has 0 fully saturated rings. The van der Waals surface area contributed by atoms with Crippen LogP contribution >= 0.6 is 0 Å². The molecule has 0 saturated heterocycles. The molecule has 0 aliphatic carbocycles. The topological polar surface area (TPSA) is 102 Å². The first kappa shape index (κ1) is 20.7. The summed E-state index contributed by atoms with van der Waals surface area (Å²) in [7, 11) is 0.503. The third-order valence-electron chi connectivity index (χ3n) is 3.41. The summed E-state index contributed by atoms with van der Waals surface area (Å²) in [4.78, 5) is 14.6. The number of ether oxygens (including phenoxy) is 1. The fraction of sp³-hybridized carbons (Fsp3) is 0.600. The smallest absolute Gasteiger partial charge is 0.460 e. The number of methoxy groups -OCH3 is 1. The Bertz CT molecular complexity index is 790. The molecule has 0 bridgehead atoms. The molecule has 1 unspecified atom stereocenters. The number of anilines is 1. The van der Waals surface area contributed by atoms with Gasteiger partial charge in [0, 0.05) is 0 Å². The van der Waals surface area contributed by atoms with E-state index >= 15 is 0 Å². The van der Waals surface area contributed by atoms with E-state index in [2.05, 4.69) is 19.9 Å². The molecule has 27 heavy (non-hydrogen) atoms. The molecule has 152 valence electrons. The van der Waals surface area contributed by atoms with Crippen LogP contribution in [0.1, 0.15) is 0 Å². The summed E-state index contributed by atoms with van der Waals surface area (Å²) in [5.74, 6) is -24.4. The average Bonchev–Trinajstić information content (AvgIpc) is 3.02. The van der Waals surface area contributed by atoms with E-state index in [9.17, 15) is 49.4 Å². The van der Waals surface area contributed by atoms with Gasteiger partial charge in [-0.3, -0.25) is 0 Å². The van der Waals surface area contributed by atoms with Crippen molar-refractivity contribution < 1.29 is 54.2 Å². The van der Waals surface area contributed by atoms with Crippen molar-refractivity contribution in [2.24, 2.45) is 5.10 Å². The third kappa shape index (κ3) is 2.43. The number of carbonyl (C=O) groups is 1. The number of nitrogens with zero attached hydrogens (tertiary/aromatic N) is 4. The molecule has 1 aromatic rings. The Labute approximate surface area is 141 Å². The van der Waals surface area contributed by atoms with Crippen LogP contribution in [0.4, 0.5) is 45.5 Å². The molecular formula is C10H6F9N5O3. The molecule has 0 saturated carbocycles. The van der Waals surface area contributed by atoms with Crippen molar-refractivity contribution in [3.05, 3.63) is 6.33 Å². The maximum Gasteiger partial charge on any atom is 0.460 e. The second-order valence-electron chi connectivity index (χ2n) is 4.95. The van der Waals surface area contributed by atoms with Gasteiger partial charge in [0.1, 0.15) is 6.33 Å². The minimum atomic E-state index is -7.33. The van der Waals surface area contributed by atoms with Gasteiger partial charge in [-0.2, -0.15) is 59.4 Å². The van der Waals surface area contributed by atoms with Crippen molar-refractivity contribution in [2.75, 3.05) is 12.5 Å². The number of carbonyl (C=O) groups excluding carboxylic acids is 1. The van der Waals surface area contributed by atoms with Gasteiger partial charge in [0.05, 0.1) is 7.11 Å². The van der Waals surface area contributed by atoms with Gasteiger partial charge in [-0.1, -0.05) is 0 Å². The molecule has 1 atom stereocenters. The van der Waals surface area contributed by atoms with E-state index in [4.69, 9.17) is 0 Å². The van der Waals surface area contributed by atoms with Crippen LogP contribution < -0.4 is 5.43 Å². The van der Waals surface area contributed by atoms with Crippen molar-refractivity contribution in [3.8, 4) is 0 Å². The Balaban J connectivity index is 2.78. The molecule has 1 aliphatic rings. The summed E-state index contributed by atoms with van der Waals surface area (Å²) in [6.07, 6.45) is -6.81. The monoisotopic (exact) mass is 415 g/mol. The summed E-state index contributed by atoms with van der Waals surface area (Å²) >= 11 is 0. The van der Waals surface area contributed by atoms with Crippen LogP contribution in [-0.2, 0) is 15.3 Å². The zero-order chi connectivity index (χ0) is 21.1. The fourth-order valence-electron chi connectivity index (χ4n) is 2.00. The fourth-order valence-corrected chi connectivity index (χ4v) is 2.00. The quantitative estimate of drug-likeness (QED) is 0.569. The molecule has 0 radical (unpaired) electrons. The summed E-state index contributed by atoms with van der Waals surface area (Å²) in [5.41, 5.74) is -5.32. The zero-order valence-electron chi connectivity index (χ0n) is 12.5. The highest BCUT2D eigenvalue weighted by atomic mass is 19.4. The minimum absolute atomic E-state index is 0.333. The number of halogens is 9. The first-order valence-corrected chi connectivity index (χ1v) is 6.33. The molecule has 0 amide bonds. The molecule has 0 aromatic carbocycles. The molecule has 17 heteroatoms. The maximum atomic E-state index is 14.4. The summed E-state index contributed by atoms with van der Waals surface area (Å²) < 4.78 is 123. The van der Waals surface area contributed by atoms with Gasteiger partial charge < -0.3 is 9.84 Å². The number of aromatic nitrogens is 3. The normalized spacial score (nSPS) is 21.2. The average molecular weight is 415 g/mol. The van der Waals surface area contributed by atoms with Gasteiger partial charge in [0.25, 0.3) is 5.72 Å². The lowest BCUT2D eigenvalue weighted by Gasteiger charge is -2.42. The highest BCUT2D eigenvalue weighted by Crippen LogP contribution is 2.57. The Morgan fingerprint density at radius 3 is 2.19 bits per heavy atom. The van der Waals surface area contributed by atoms with Crippen LogP contribution in [0, 0.1) is 0 Å². The molecule has 1 aliphatic heterocycles. The number of esters is 1. The molecule has 2 rings (SSSR count). The number of aliphatic hydroxyl groups is 1. The van der Waals surface area contributed by atoms with Gasteiger partial charge >= 0.3 is 29.9 Å². The van der Waals surface area contributed by atoms with Gasteiger partial charge in [-0.25, -0.2) is 10.2 Å². The van der Waals surface area contributed by atoms with Crippen LogP contribution in [0.25, 0.3) is 0 Å².